The number of rotatable bonds is 0. The van der Waals surface area contributed by atoms with Gasteiger partial charge < -0.3 is 0 Å². The molecule has 10 heavy (non-hydrogen) atoms. The van der Waals surface area contributed by atoms with Gasteiger partial charge in [0.15, 0.2) is 0 Å². The maximum atomic E-state index is 10.9. The van der Waals surface area contributed by atoms with Crippen LogP contribution in [-0.4, -0.2) is 11.6 Å². The molecule has 0 saturated heterocycles. The highest BCUT2D eigenvalue weighted by Crippen LogP contribution is 2.49. The summed E-state index contributed by atoms with van der Waals surface area (Å²) >= 11 is 0. The van der Waals surface area contributed by atoms with Crippen molar-refractivity contribution >= 4 is 11.6 Å². The topological polar surface area (TPSA) is 34.1 Å². The molecule has 0 unspecified atom stereocenters. The normalized spacial score (nSPS) is 28.0. The van der Waals surface area contributed by atoms with Crippen LogP contribution in [0.3, 0.4) is 0 Å². The Morgan fingerprint density at radius 3 is 1.10 bits per heavy atom. The van der Waals surface area contributed by atoms with Gasteiger partial charge >= 0.3 is 0 Å². The molecule has 1 rings (SSSR count). The molecule has 1 aliphatic carbocycles. The minimum Gasteiger partial charge on any atom is -0.290 e. The van der Waals surface area contributed by atoms with E-state index < -0.39 is 10.8 Å². The molecule has 0 heterocycles. The molecular weight excluding hydrogens is 128 g/mol. The molecule has 0 aromatic rings. The molecule has 1 fully saturated rings. The molecule has 56 valence electrons. The lowest BCUT2D eigenvalue weighted by atomic mass is 9.51. The van der Waals surface area contributed by atoms with Gasteiger partial charge in [-0.1, -0.05) is 27.7 Å². The van der Waals surface area contributed by atoms with Crippen LogP contribution in [0.15, 0.2) is 0 Å². The highest BCUT2D eigenvalue weighted by Gasteiger charge is 2.61. The van der Waals surface area contributed by atoms with Crippen molar-refractivity contribution in [1.82, 2.24) is 0 Å². The Morgan fingerprint density at radius 1 is 0.800 bits per heavy atom. The van der Waals surface area contributed by atoms with Crippen molar-refractivity contribution in [1.29, 1.82) is 0 Å². The molecule has 0 aliphatic heterocycles. The van der Waals surface area contributed by atoms with E-state index in [0.29, 0.717) is 0 Å². The van der Waals surface area contributed by atoms with Crippen LogP contribution < -0.4 is 0 Å². The van der Waals surface area contributed by atoms with Gasteiger partial charge in [-0.2, -0.15) is 0 Å². The predicted octanol–water partition coefficient (Wildman–Crippen LogP) is 1.19. The summed E-state index contributed by atoms with van der Waals surface area (Å²) in [5, 5.41) is 0. The summed E-state index contributed by atoms with van der Waals surface area (Å²) in [7, 11) is 0. The fourth-order valence-corrected chi connectivity index (χ4v) is 1.07. The van der Waals surface area contributed by atoms with E-state index in [0.717, 1.165) is 0 Å². The van der Waals surface area contributed by atoms with Gasteiger partial charge in [0.2, 0.25) is 11.6 Å². The standard InChI is InChI=1S/C8H12O2/c1-7(2)5(9)6(10)8(7,3)4/h1-4H3. The second-order valence-electron chi connectivity index (χ2n) is 3.91. The SMILES string of the molecule is CC1(C)C(=O)C(=O)C1(C)C. The van der Waals surface area contributed by atoms with E-state index in [1.165, 1.54) is 0 Å². The number of hydrogen-bond donors (Lipinski definition) is 0. The third kappa shape index (κ3) is 0.498. The van der Waals surface area contributed by atoms with Gasteiger partial charge in [-0.3, -0.25) is 9.59 Å². The van der Waals surface area contributed by atoms with E-state index in [9.17, 15) is 9.59 Å². The quantitative estimate of drug-likeness (QED) is 0.474. The highest BCUT2D eigenvalue weighted by atomic mass is 16.2. The summed E-state index contributed by atoms with van der Waals surface area (Å²) in [6, 6.07) is 0. The number of ketones is 2. The first kappa shape index (κ1) is 7.45. The summed E-state index contributed by atoms with van der Waals surface area (Å²) in [5.74, 6) is -0.449. The monoisotopic (exact) mass is 140 g/mol. The van der Waals surface area contributed by atoms with Crippen LogP contribution in [0.5, 0.6) is 0 Å². The van der Waals surface area contributed by atoms with Gasteiger partial charge in [0.1, 0.15) is 0 Å². The molecule has 0 bridgehead atoms. The average molecular weight is 140 g/mol. The lowest BCUT2D eigenvalue weighted by Gasteiger charge is -2.47. The molecule has 0 N–H and O–H groups in total. The van der Waals surface area contributed by atoms with Crippen molar-refractivity contribution in [3.8, 4) is 0 Å². The molecule has 0 spiro atoms. The fraction of sp³-hybridized carbons (Fsp3) is 0.750. The van der Waals surface area contributed by atoms with Gasteiger partial charge in [-0.15, -0.1) is 0 Å². The number of carbonyl (C=O) groups excluding carboxylic acids is 2. The van der Waals surface area contributed by atoms with Crippen LogP contribution in [0.4, 0.5) is 0 Å². The van der Waals surface area contributed by atoms with Crippen LogP contribution >= 0.6 is 0 Å². The Morgan fingerprint density at radius 2 is 1.00 bits per heavy atom. The highest BCUT2D eigenvalue weighted by molar-refractivity contribution is 6.48. The fourth-order valence-electron chi connectivity index (χ4n) is 1.07. The summed E-state index contributed by atoms with van der Waals surface area (Å²) in [6.45, 7) is 7.26. The lowest BCUT2D eigenvalue weighted by Crippen LogP contribution is -2.61. The van der Waals surface area contributed by atoms with Crippen molar-refractivity contribution in [2.75, 3.05) is 0 Å². The largest absolute Gasteiger partial charge is 0.290 e. The van der Waals surface area contributed by atoms with Crippen LogP contribution in [0.2, 0.25) is 0 Å². The second kappa shape index (κ2) is 1.49. The van der Waals surface area contributed by atoms with Gasteiger partial charge in [0.05, 0.1) is 0 Å². The van der Waals surface area contributed by atoms with Gasteiger partial charge in [0, 0.05) is 10.8 Å². The molecule has 0 radical (unpaired) electrons. The predicted molar refractivity (Wildman–Crippen MR) is 37.6 cm³/mol. The van der Waals surface area contributed by atoms with Gasteiger partial charge in [-0.25, -0.2) is 0 Å². The zero-order chi connectivity index (χ0) is 8.15. The van der Waals surface area contributed by atoms with Crippen molar-refractivity contribution in [2.45, 2.75) is 27.7 Å². The van der Waals surface area contributed by atoms with E-state index in [2.05, 4.69) is 0 Å². The zero-order valence-electron chi connectivity index (χ0n) is 6.82. The number of carbonyl (C=O) groups is 2. The Labute approximate surface area is 60.6 Å². The minimum absolute atomic E-state index is 0.225. The minimum atomic E-state index is -0.440. The number of hydrogen-bond acceptors (Lipinski definition) is 2. The first-order valence-corrected chi connectivity index (χ1v) is 3.41. The Hall–Kier alpha value is -0.660. The van der Waals surface area contributed by atoms with Crippen molar-refractivity contribution in [3.63, 3.8) is 0 Å². The van der Waals surface area contributed by atoms with E-state index in [1.807, 2.05) is 27.7 Å². The van der Waals surface area contributed by atoms with E-state index in [4.69, 9.17) is 0 Å². The van der Waals surface area contributed by atoms with Crippen LogP contribution in [0.1, 0.15) is 27.7 Å². The number of Topliss-reactive ketones (excluding diaryl/α,β-unsaturated/α-hetero) is 2. The third-order valence-corrected chi connectivity index (χ3v) is 2.90. The summed E-state index contributed by atoms with van der Waals surface area (Å²) in [6.07, 6.45) is 0. The third-order valence-electron chi connectivity index (χ3n) is 2.90. The lowest BCUT2D eigenvalue weighted by molar-refractivity contribution is -0.167. The van der Waals surface area contributed by atoms with Crippen molar-refractivity contribution in [3.05, 3.63) is 0 Å². The molecule has 2 nitrogen and oxygen atoms in total. The summed E-state index contributed by atoms with van der Waals surface area (Å²) in [4.78, 5) is 21.9. The molecule has 1 aliphatic rings. The second-order valence-corrected chi connectivity index (χ2v) is 3.91. The van der Waals surface area contributed by atoms with E-state index in [1.54, 1.807) is 0 Å². The Balaban J connectivity index is 3.04. The van der Waals surface area contributed by atoms with Crippen molar-refractivity contribution in [2.24, 2.45) is 10.8 Å². The Kier molecular flexibility index (Phi) is 1.11. The van der Waals surface area contributed by atoms with Gasteiger partial charge in [0.25, 0.3) is 0 Å². The summed E-state index contributed by atoms with van der Waals surface area (Å²) in [5.41, 5.74) is -0.881. The van der Waals surface area contributed by atoms with Crippen LogP contribution in [0.25, 0.3) is 0 Å². The van der Waals surface area contributed by atoms with E-state index in [-0.39, 0.29) is 11.6 Å². The van der Waals surface area contributed by atoms with Crippen molar-refractivity contribution < 1.29 is 9.59 Å². The molecule has 0 amide bonds. The molecule has 0 atom stereocenters. The van der Waals surface area contributed by atoms with Crippen LogP contribution in [0, 0.1) is 10.8 Å². The molecule has 2 heteroatoms. The maximum absolute atomic E-state index is 10.9. The molecule has 0 aromatic heterocycles. The zero-order valence-corrected chi connectivity index (χ0v) is 6.82. The Bertz CT molecular complexity index is 187. The van der Waals surface area contributed by atoms with E-state index >= 15 is 0 Å². The molecule has 1 saturated carbocycles. The molecule has 0 aromatic carbocycles. The summed E-state index contributed by atoms with van der Waals surface area (Å²) < 4.78 is 0. The first-order valence-electron chi connectivity index (χ1n) is 3.41. The molecular formula is C8H12O2. The first-order chi connectivity index (χ1) is 4.32. The van der Waals surface area contributed by atoms with Crippen LogP contribution in [-0.2, 0) is 9.59 Å². The average Bonchev–Trinajstić information content (AvgIpc) is 1.84. The van der Waals surface area contributed by atoms with Gasteiger partial charge in [-0.05, 0) is 0 Å². The maximum Gasteiger partial charge on any atom is 0.205 e. The smallest absolute Gasteiger partial charge is 0.205 e.